The molecule has 110 valence electrons. The highest BCUT2D eigenvalue weighted by Gasteiger charge is 2.09. The van der Waals surface area contributed by atoms with Crippen LogP contribution in [0.25, 0.3) is 0 Å². The number of halogens is 1. The van der Waals surface area contributed by atoms with Crippen LogP contribution in [0.2, 0.25) is 0 Å². The number of rotatable bonds is 5. The van der Waals surface area contributed by atoms with Crippen LogP contribution in [0.15, 0.2) is 48.5 Å². The summed E-state index contributed by atoms with van der Waals surface area (Å²) in [4.78, 5) is 11.9. The van der Waals surface area contributed by atoms with Crippen LogP contribution in [-0.2, 0) is 4.79 Å². The van der Waals surface area contributed by atoms with Crippen LogP contribution < -0.4 is 5.32 Å². The van der Waals surface area contributed by atoms with Gasteiger partial charge in [-0.2, -0.15) is 0 Å². The lowest BCUT2D eigenvalue weighted by atomic mass is 10.2. The Morgan fingerprint density at radius 1 is 1.24 bits per heavy atom. The van der Waals surface area contributed by atoms with E-state index in [0.717, 1.165) is 0 Å². The monoisotopic (exact) mass is 303 g/mol. The molecule has 21 heavy (non-hydrogen) atoms. The lowest BCUT2D eigenvalue weighted by Crippen LogP contribution is -2.14. The standard InChI is InChI=1S/C17H18FNOS/c1-12-8-9-15(10-16(12)18)19-17(20)11-21-13(2)14-6-4-3-5-7-14/h3-10,13H,11H2,1-2H3,(H,19,20)/t13-/m0/s1. The van der Waals surface area contributed by atoms with E-state index in [0.29, 0.717) is 17.0 Å². The molecule has 0 radical (unpaired) electrons. The highest BCUT2D eigenvalue weighted by atomic mass is 32.2. The van der Waals surface area contributed by atoms with Gasteiger partial charge in [-0.25, -0.2) is 4.39 Å². The highest BCUT2D eigenvalue weighted by Crippen LogP contribution is 2.27. The molecule has 1 amide bonds. The molecule has 0 aliphatic heterocycles. The fourth-order valence-corrected chi connectivity index (χ4v) is 2.71. The predicted molar refractivity (Wildman–Crippen MR) is 87.1 cm³/mol. The largest absolute Gasteiger partial charge is 0.325 e. The zero-order valence-electron chi connectivity index (χ0n) is 12.1. The third kappa shape index (κ3) is 4.60. The number of thioether (sulfide) groups is 1. The summed E-state index contributed by atoms with van der Waals surface area (Å²) in [5.74, 6) is -0.0879. The van der Waals surface area contributed by atoms with Gasteiger partial charge in [-0.1, -0.05) is 36.4 Å². The average molecular weight is 303 g/mol. The van der Waals surface area contributed by atoms with Crippen molar-refractivity contribution in [1.29, 1.82) is 0 Å². The lowest BCUT2D eigenvalue weighted by molar-refractivity contribution is -0.113. The number of hydrogen-bond acceptors (Lipinski definition) is 2. The van der Waals surface area contributed by atoms with Gasteiger partial charge in [0, 0.05) is 10.9 Å². The Hall–Kier alpha value is -1.81. The van der Waals surface area contributed by atoms with Crippen molar-refractivity contribution < 1.29 is 9.18 Å². The summed E-state index contributed by atoms with van der Waals surface area (Å²) in [5, 5.41) is 2.96. The number of aryl methyl sites for hydroxylation is 1. The molecule has 4 heteroatoms. The topological polar surface area (TPSA) is 29.1 Å². The smallest absolute Gasteiger partial charge is 0.234 e. The van der Waals surface area contributed by atoms with Gasteiger partial charge in [0.1, 0.15) is 5.82 Å². The van der Waals surface area contributed by atoms with E-state index in [9.17, 15) is 9.18 Å². The van der Waals surface area contributed by atoms with Crippen LogP contribution >= 0.6 is 11.8 Å². The normalized spacial score (nSPS) is 12.0. The fourth-order valence-electron chi connectivity index (χ4n) is 1.89. The Labute approximate surface area is 128 Å². The Kier molecular flexibility index (Phi) is 5.39. The molecule has 0 fully saturated rings. The Bertz CT molecular complexity index is 615. The molecule has 0 saturated heterocycles. The summed E-state index contributed by atoms with van der Waals surface area (Å²) in [6.45, 7) is 3.76. The van der Waals surface area contributed by atoms with Gasteiger partial charge in [0.25, 0.3) is 0 Å². The van der Waals surface area contributed by atoms with Crippen molar-refractivity contribution in [1.82, 2.24) is 0 Å². The second-order valence-electron chi connectivity index (χ2n) is 4.88. The maximum Gasteiger partial charge on any atom is 0.234 e. The first-order valence-electron chi connectivity index (χ1n) is 6.79. The molecule has 0 bridgehead atoms. The first kappa shape index (κ1) is 15.6. The summed E-state index contributed by atoms with van der Waals surface area (Å²) in [5.41, 5.74) is 2.26. The van der Waals surface area contributed by atoms with Crippen molar-refractivity contribution in [2.45, 2.75) is 19.1 Å². The second kappa shape index (κ2) is 7.27. The first-order valence-corrected chi connectivity index (χ1v) is 7.83. The Morgan fingerprint density at radius 3 is 2.62 bits per heavy atom. The summed E-state index contributed by atoms with van der Waals surface area (Å²) < 4.78 is 13.4. The van der Waals surface area contributed by atoms with E-state index in [1.165, 1.54) is 11.6 Å². The zero-order chi connectivity index (χ0) is 15.2. The number of benzene rings is 2. The van der Waals surface area contributed by atoms with Crippen molar-refractivity contribution >= 4 is 23.4 Å². The number of carbonyl (C=O) groups excluding carboxylic acids is 1. The number of nitrogens with one attached hydrogen (secondary N) is 1. The summed E-state index contributed by atoms with van der Waals surface area (Å²) >= 11 is 1.56. The number of carbonyl (C=O) groups is 1. The van der Waals surface area contributed by atoms with Gasteiger partial charge in [-0.3, -0.25) is 4.79 Å². The van der Waals surface area contributed by atoms with E-state index < -0.39 is 0 Å². The number of anilines is 1. The Morgan fingerprint density at radius 2 is 1.95 bits per heavy atom. The van der Waals surface area contributed by atoms with Crippen LogP contribution in [0, 0.1) is 12.7 Å². The minimum atomic E-state index is -0.307. The van der Waals surface area contributed by atoms with E-state index in [1.54, 1.807) is 30.8 Å². The molecule has 2 rings (SSSR count). The van der Waals surface area contributed by atoms with Gasteiger partial charge in [0.05, 0.1) is 5.75 Å². The molecule has 0 aliphatic carbocycles. The maximum absolute atomic E-state index is 13.4. The molecule has 0 unspecified atom stereocenters. The molecule has 1 N–H and O–H groups in total. The molecule has 1 atom stereocenters. The Balaban J connectivity index is 1.86. The predicted octanol–water partition coefficient (Wildman–Crippen LogP) is 4.57. The minimum Gasteiger partial charge on any atom is -0.325 e. The van der Waals surface area contributed by atoms with Crippen molar-refractivity contribution in [3.63, 3.8) is 0 Å². The molecular formula is C17H18FNOS. The van der Waals surface area contributed by atoms with E-state index in [2.05, 4.69) is 12.2 Å². The molecule has 0 aliphatic rings. The number of amides is 1. The van der Waals surface area contributed by atoms with Crippen LogP contribution in [0.5, 0.6) is 0 Å². The van der Waals surface area contributed by atoms with Crippen molar-refractivity contribution in [2.75, 3.05) is 11.1 Å². The maximum atomic E-state index is 13.4. The number of hydrogen-bond donors (Lipinski definition) is 1. The summed E-state index contributed by atoms with van der Waals surface area (Å²) in [6, 6.07) is 14.8. The molecule has 0 aromatic heterocycles. The van der Waals surface area contributed by atoms with Gasteiger partial charge >= 0.3 is 0 Å². The van der Waals surface area contributed by atoms with E-state index in [4.69, 9.17) is 0 Å². The first-order chi connectivity index (χ1) is 10.1. The van der Waals surface area contributed by atoms with Gasteiger partial charge in [-0.15, -0.1) is 11.8 Å². The molecule has 2 nitrogen and oxygen atoms in total. The zero-order valence-corrected chi connectivity index (χ0v) is 12.9. The van der Waals surface area contributed by atoms with Crippen molar-refractivity contribution in [3.8, 4) is 0 Å². The van der Waals surface area contributed by atoms with E-state index >= 15 is 0 Å². The van der Waals surface area contributed by atoms with Crippen LogP contribution in [0.1, 0.15) is 23.3 Å². The SMILES string of the molecule is Cc1ccc(NC(=O)CS[C@@H](C)c2ccccc2)cc1F. The third-order valence-corrected chi connectivity index (χ3v) is 4.39. The quantitative estimate of drug-likeness (QED) is 0.877. The highest BCUT2D eigenvalue weighted by molar-refractivity contribution is 8.00. The summed E-state index contributed by atoms with van der Waals surface area (Å²) in [6.07, 6.45) is 0. The molecule has 0 saturated carbocycles. The van der Waals surface area contributed by atoms with Gasteiger partial charge in [-0.05, 0) is 37.1 Å². The molecule has 0 spiro atoms. The van der Waals surface area contributed by atoms with Gasteiger partial charge in [0.2, 0.25) is 5.91 Å². The van der Waals surface area contributed by atoms with Gasteiger partial charge < -0.3 is 5.32 Å². The van der Waals surface area contributed by atoms with E-state index in [1.807, 2.05) is 30.3 Å². The average Bonchev–Trinajstić information content (AvgIpc) is 2.49. The van der Waals surface area contributed by atoms with Gasteiger partial charge in [0.15, 0.2) is 0 Å². The van der Waals surface area contributed by atoms with E-state index in [-0.39, 0.29) is 17.0 Å². The third-order valence-electron chi connectivity index (χ3n) is 3.19. The second-order valence-corrected chi connectivity index (χ2v) is 6.21. The molecule has 2 aromatic rings. The molecule has 2 aromatic carbocycles. The lowest BCUT2D eigenvalue weighted by Gasteiger charge is -2.11. The fraction of sp³-hybridized carbons (Fsp3) is 0.235. The minimum absolute atomic E-state index is 0.119. The molecule has 0 heterocycles. The summed E-state index contributed by atoms with van der Waals surface area (Å²) in [7, 11) is 0. The molecular weight excluding hydrogens is 285 g/mol. The van der Waals surface area contributed by atoms with Crippen molar-refractivity contribution in [3.05, 3.63) is 65.5 Å². The van der Waals surface area contributed by atoms with Crippen LogP contribution in [0.3, 0.4) is 0 Å². The van der Waals surface area contributed by atoms with Crippen LogP contribution in [0.4, 0.5) is 10.1 Å². The van der Waals surface area contributed by atoms with Crippen LogP contribution in [-0.4, -0.2) is 11.7 Å². The van der Waals surface area contributed by atoms with Crippen molar-refractivity contribution in [2.24, 2.45) is 0 Å².